The van der Waals surface area contributed by atoms with Crippen LogP contribution < -0.4 is 5.73 Å². The van der Waals surface area contributed by atoms with Crippen LogP contribution >= 0.6 is 0 Å². The summed E-state index contributed by atoms with van der Waals surface area (Å²) >= 11 is 0. The monoisotopic (exact) mass is 203 g/mol. The average molecular weight is 203 g/mol. The minimum Gasteiger partial charge on any atom is -0.327 e. The molecule has 0 saturated heterocycles. The highest BCUT2D eigenvalue weighted by Crippen LogP contribution is 2.22. The molecule has 0 saturated carbocycles. The quantitative estimate of drug-likeness (QED) is 0.652. The molecule has 0 aliphatic heterocycles. The lowest BCUT2D eigenvalue weighted by atomic mass is 9.96. The van der Waals surface area contributed by atoms with E-state index in [1.807, 2.05) is 0 Å². The van der Waals surface area contributed by atoms with Gasteiger partial charge >= 0.3 is 0 Å². The summed E-state index contributed by atoms with van der Waals surface area (Å²) in [5.74, 6) is 0.268. The number of hydrogen-bond acceptors (Lipinski definition) is 2. The maximum absolute atomic E-state index is 11.6. The number of nitrogens with two attached hydrogens (primary N) is 1. The van der Waals surface area contributed by atoms with Crippen molar-refractivity contribution in [2.24, 2.45) is 5.73 Å². The lowest BCUT2D eigenvalue weighted by molar-refractivity contribution is -0.118. The highest BCUT2D eigenvalue weighted by atomic mass is 16.1. The van der Waals surface area contributed by atoms with Gasteiger partial charge in [-0.1, -0.05) is 12.1 Å². The standard InChI is InChI=1S/C13H17NO/c1-8-3-10-5-12(14)7-13(15)6-11(10)4-9(8)2/h3-4,12H,5-7,14H2,1-2H3. The number of Topliss-reactive ketones (excluding diaryl/α,β-unsaturated/α-hetero) is 1. The van der Waals surface area contributed by atoms with Gasteiger partial charge in [-0.15, -0.1) is 0 Å². The molecule has 0 bridgehead atoms. The predicted molar refractivity (Wildman–Crippen MR) is 60.9 cm³/mol. The molecule has 0 radical (unpaired) electrons. The Kier molecular flexibility index (Phi) is 2.61. The zero-order valence-electron chi connectivity index (χ0n) is 9.34. The van der Waals surface area contributed by atoms with Gasteiger partial charge in [0.15, 0.2) is 0 Å². The van der Waals surface area contributed by atoms with Gasteiger partial charge in [0.05, 0.1) is 0 Å². The van der Waals surface area contributed by atoms with Crippen molar-refractivity contribution in [3.05, 3.63) is 34.4 Å². The number of aryl methyl sites for hydroxylation is 2. The SMILES string of the molecule is Cc1cc2c(cc1C)CC(N)CC(=O)C2. The summed E-state index contributed by atoms with van der Waals surface area (Å²) in [6, 6.07) is 4.32. The second kappa shape index (κ2) is 3.78. The molecular weight excluding hydrogens is 186 g/mol. The third kappa shape index (κ3) is 2.10. The molecule has 1 aliphatic carbocycles. The molecule has 0 fully saturated rings. The van der Waals surface area contributed by atoms with E-state index in [0.717, 1.165) is 6.42 Å². The number of benzene rings is 1. The van der Waals surface area contributed by atoms with Crippen LogP contribution in [0, 0.1) is 13.8 Å². The molecule has 1 unspecified atom stereocenters. The maximum Gasteiger partial charge on any atom is 0.138 e. The van der Waals surface area contributed by atoms with Gasteiger partial charge in [-0.25, -0.2) is 0 Å². The Labute approximate surface area is 90.5 Å². The minimum atomic E-state index is 0.000793. The van der Waals surface area contributed by atoms with Crippen molar-refractivity contribution in [2.45, 2.75) is 39.2 Å². The zero-order chi connectivity index (χ0) is 11.0. The summed E-state index contributed by atoms with van der Waals surface area (Å²) in [6.45, 7) is 4.19. The molecule has 0 aromatic heterocycles. The number of fused-ring (bicyclic) bond motifs is 1. The molecule has 80 valence electrons. The van der Waals surface area contributed by atoms with Crippen molar-refractivity contribution >= 4 is 5.78 Å². The van der Waals surface area contributed by atoms with Crippen LogP contribution in [0.5, 0.6) is 0 Å². The number of rotatable bonds is 0. The van der Waals surface area contributed by atoms with Gasteiger partial charge in [0.2, 0.25) is 0 Å². The van der Waals surface area contributed by atoms with Crippen LogP contribution in [0.2, 0.25) is 0 Å². The van der Waals surface area contributed by atoms with Crippen molar-refractivity contribution < 1.29 is 4.79 Å². The number of hydrogen-bond donors (Lipinski definition) is 1. The Morgan fingerprint density at radius 3 is 2.40 bits per heavy atom. The summed E-state index contributed by atoms with van der Waals surface area (Å²) in [5.41, 5.74) is 10.9. The molecule has 2 N–H and O–H groups in total. The fraction of sp³-hybridized carbons (Fsp3) is 0.462. The molecular formula is C13H17NO. The molecule has 1 aromatic carbocycles. The molecule has 0 heterocycles. The Morgan fingerprint density at radius 2 is 1.73 bits per heavy atom. The van der Waals surface area contributed by atoms with E-state index in [4.69, 9.17) is 5.73 Å². The topological polar surface area (TPSA) is 43.1 Å². The highest BCUT2D eigenvalue weighted by molar-refractivity contribution is 5.82. The smallest absolute Gasteiger partial charge is 0.138 e. The summed E-state index contributed by atoms with van der Waals surface area (Å²) in [5, 5.41) is 0. The molecule has 1 aromatic rings. The van der Waals surface area contributed by atoms with E-state index in [1.54, 1.807) is 0 Å². The van der Waals surface area contributed by atoms with E-state index in [-0.39, 0.29) is 11.8 Å². The highest BCUT2D eigenvalue weighted by Gasteiger charge is 2.19. The van der Waals surface area contributed by atoms with Crippen LogP contribution in [0.1, 0.15) is 28.7 Å². The average Bonchev–Trinajstić information content (AvgIpc) is 2.24. The van der Waals surface area contributed by atoms with Crippen molar-refractivity contribution in [1.82, 2.24) is 0 Å². The Balaban J connectivity index is 2.46. The molecule has 1 atom stereocenters. The van der Waals surface area contributed by atoms with Crippen LogP contribution in [0.15, 0.2) is 12.1 Å². The minimum absolute atomic E-state index is 0.000793. The Morgan fingerprint density at radius 1 is 1.13 bits per heavy atom. The Hall–Kier alpha value is -1.15. The molecule has 2 nitrogen and oxygen atoms in total. The van der Waals surface area contributed by atoms with Gasteiger partial charge in [-0.2, -0.15) is 0 Å². The molecule has 2 rings (SSSR count). The van der Waals surface area contributed by atoms with Crippen LogP contribution in [0.4, 0.5) is 0 Å². The first-order valence-corrected chi connectivity index (χ1v) is 5.42. The van der Waals surface area contributed by atoms with E-state index in [1.165, 1.54) is 22.3 Å². The van der Waals surface area contributed by atoms with Crippen molar-refractivity contribution in [3.63, 3.8) is 0 Å². The first-order chi connectivity index (χ1) is 7.06. The predicted octanol–water partition coefficient (Wildman–Crippen LogP) is 1.69. The summed E-state index contributed by atoms with van der Waals surface area (Å²) < 4.78 is 0. The van der Waals surface area contributed by atoms with Crippen molar-refractivity contribution in [1.29, 1.82) is 0 Å². The normalized spacial score (nSPS) is 21.0. The number of ketones is 1. The fourth-order valence-electron chi connectivity index (χ4n) is 2.22. The van der Waals surface area contributed by atoms with E-state index in [9.17, 15) is 4.79 Å². The van der Waals surface area contributed by atoms with E-state index >= 15 is 0 Å². The second-order valence-corrected chi connectivity index (χ2v) is 4.59. The van der Waals surface area contributed by atoms with Crippen LogP contribution in [-0.4, -0.2) is 11.8 Å². The van der Waals surface area contributed by atoms with Gasteiger partial charge in [0, 0.05) is 18.9 Å². The fourth-order valence-corrected chi connectivity index (χ4v) is 2.22. The van der Waals surface area contributed by atoms with Crippen LogP contribution in [0.3, 0.4) is 0 Å². The molecule has 1 aliphatic rings. The Bertz CT molecular complexity index is 409. The first kappa shape index (κ1) is 10.4. The first-order valence-electron chi connectivity index (χ1n) is 5.42. The molecule has 15 heavy (non-hydrogen) atoms. The molecule has 2 heteroatoms. The van der Waals surface area contributed by atoms with Gasteiger partial charge in [0.25, 0.3) is 0 Å². The van der Waals surface area contributed by atoms with Gasteiger partial charge in [-0.05, 0) is 42.5 Å². The summed E-state index contributed by atoms with van der Waals surface area (Å²) in [6.07, 6.45) is 1.92. The van der Waals surface area contributed by atoms with Gasteiger partial charge < -0.3 is 5.73 Å². The number of carbonyl (C=O) groups excluding carboxylic acids is 1. The van der Waals surface area contributed by atoms with E-state index in [0.29, 0.717) is 12.8 Å². The summed E-state index contributed by atoms with van der Waals surface area (Å²) in [4.78, 5) is 11.6. The van der Waals surface area contributed by atoms with Crippen LogP contribution in [-0.2, 0) is 17.6 Å². The lowest BCUT2D eigenvalue weighted by Gasteiger charge is -2.10. The van der Waals surface area contributed by atoms with E-state index < -0.39 is 0 Å². The second-order valence-electron chi connectivity index (χ2n) is 4.59. The third-order valence-corrected chi connectivity index (χ3v) is 3.18. The molecule has 0 amide bonds. The van der Waals surface area contributed by atoms with Crippen molar-refractivity contribution in [2.75, 3.05) is 0 Å². The molecule has 0 spiro atoms. The van der Waals surface area contributed by atoms with Gasteiger partial charge in [-0.3, -0.25) is 4.79 Å². The number of carbonyl (C=O) groups is 1. The van der Waals surface area contributed by atoms with Crippen LogP contribution in [0.25, 0.3) is 0 Å². The van der Waals surface area contributed by atoms with E-state index in [2.05, 4.69) is 26.0 Å². The maximum atomic E-state index is 11.6. The lowest BCUT2D eigenvalue weighted by Crippen LogP contribution is -2.24. The van der Waals surface area contributed by atoms with Gasteiger partial charge in [0.1, 0.15) is 5.78 Å². The zero-order valence-corrected chi connectivity index (χ0v) is 9.34. The van der Waals surface area contributed by atoms with Crippen molar-refractivity contribution in [3.8, 4) is 0 Å². The summed E-state index contributed by atoms with van der Waals surface area (Å²) in [7, 11) is 0. The third-order valence-electron chi connectivity index (χ3n) is 3.18. The largest absolute Gasteiger partial charge is 0.327 e.